The molecule has 0 spiro atoms. The molecule has 0 saturated carbocycles. The third-order valence-electron chi connectivity index (χ3n) is 4.63. The van der Waals surface area contributed by atoms with Crippen LogP contribution in [0.1, 0.15) is 49.9 Å². The highest BCUT2D eigenvalue weighted by Gasteiger charge is 2.24. The third-order valence-corrected chi connectivity index (χ3v) is 4.63. The zero-order valence-corrected chi connectivity index (χ0v) is 16.9. The molecule has 1 aromatic carbocycles. The molecule has 29 heavy (non-hydrogen) atoms. The van der Waals surface area contributed by atoms with Gasteiger partial charge in [-0.15, -0.1) is 0 Å². The van der Waals surface area contributed by atoms with Gasteiger partial charge >= 0.3 is 11.9 Å². The summed E-state index contributed by atoms with van der Waals surface area (Å²) in [6.07, 6.45) is 1.17. The topological polar surface area (TPSA) is 102 Å². The highest BCUT2D eigenvalue weighted by Crippen LogP contribution is 2.19. The summed E-state index contributed by atoms with van der Waals surface area (Å²) in [5.41, 5.74) is 1.34. The monoisotopic (exact) mass is 404 g/mol. The lowest BCUT2D eigenvalue weighted by Gasteiger charge is -2.28. The molecule has 0 aromatic heterocycles. The van der Waals surface area contributed by atoms with Gasteiger partial charge in [0.2, 0.25) is 0 Å². The molecule has 8 nitrogen and oxygen atoms in total. The highest BCUT2D eigenvalue weighted by molar-refractivity contribution is 5.97. The zero-order valence-electron chi connectivity index (χ0n) is 16.9. The predicted molar refractivity (Wildman–Crippen MR) is 107 cm³/mol. The van der Waals surface area contributed by atoms with Gasteiger partial charge in [-0.25, -0.2) is 4.79 Å². The maximum absolute atomic E-state index is 12.6. The van der Waals surface area contributed by atoms with Gasteiger partial charge in [0.1, 0.15) is 11.8 Å². The summed E-state index contributed by atoms with van der Waals surface area (Å²) in [4.78, 5) is 49.8. The maximum atomic E-state index is 12.6. The molecule has 0 radical (unpaired) electrons. The second kappa shape index (κ2) is 11.2. The van der Waals surface area contributed by atoms with Gasteiger partial charge in [0, 0.05) is 43.6 Å². The Kier molecular flexibility index (Phi) is 8.64. The van der Waals surface area contributed by atoms with Crippen molar-refractivity contribution in [1.82, 2.24) is 5.32 Å². The first-order chi connectivity index (χ1) is 13.9. The lowest BCUT2D eigenvalue weighted by Crippen LogP contribution is -2.42. The number of ether oxygens (including phenoxy) is 2. The number of nitrogens with one attached hydrogen (secondary N) is 1. The molecule has 1 aliphatic rings. The lowest BCUT2D eigenvalue weighted by molar-refractivity contribution is -0.146. The number of anilines is 1. The number of rotatable bonds is 9. The fourth-order valence-electron chi connectivity index (χ4n) is 3.07. The van der Waals surface area contributed by atoms with E-state index in [4.69, 9.17) is 9.47 Å². The summed E-state index contributed by atoms with van der Waals surface area (Å²) in [6, 6.07) is 6.06. The van der Waals surface area contributed by atoms with Crippen LogP contribution in [-0.4, -0.2) is 56.0 Å². The van der Waals surface area contributed by atoms with E-state index >= 15 is 0 Å². The van der Waals surface area contributed by atoms with Crippen LogP contribution in [0.2, 0.25) is 0 Å². The quantitative estimate of drug-likeness (QED) is 0.627. The second-order valence-corrected chi connectivity index (χ2v) is 6.69. The van der Waals surface area contributed by atoms with Crippen molar-refractivity contribution in [2.45, 2.75) is 45.6 Å². The number of hydrogen-bond acceptors (Lipinski definition) is 7. The molecule has 8 heteroatoms. The van der Waals surface area contributed by atoms with Gasteiger partial charge in [0.05, 0.1) is 13.2 Å². The van der Waals surface area contributed by atoms with Gasteiger partial charge in [-0.3, -0.25) is 14.4 Å². The predicted octanol–water partition coefficient (Wildman–Crippen LogP) is 1.86. The Morgan fingerprint density at radius 1 is 1.03 bits per heavy atom. The van der Waals surface area contributed by atoms with E-state index in [0.717, 1.165) is 5.69 Å². The van der Waals surface area contributed by atoms with Crippen molar-refractivity contribution in [1.29, 1.82) is 0 Å². The highest BCUT2D eigenvalue weighted by atomic mass is 16.5. The Hall–Kier alpha value is -2.90. The number of nitrogens with zero attached hydrogens (tertiary/aromatic N) is 1. The normalized spacial score (nSPS) is 14.8. The number of carbonyl (C=O) groups excluding carboxylic acids is 4. The van der Waals surface area contributed by atoms with Crippen LogP contribution >= 0.6 is 0 Å². The molecule has 1 fully saturated rings. The van der Waals surface area contributed by atoms with E-state index in [0.29, 0.717) is 31.5 Å². The first kappa shape index (κ1) is 22.4. The number of hydrogen-bond donors (Lipinski definition) is 1. The molecule has 158 valence electrons. The first-order valence-electron chi connectivity index (χ1n) is 9.94. The Bertz CT molecular complexity index is 721. The molecule has 1 aromatic rings. The van der Waals surface area contributed by atoms with E-state index in [1.165, 1.54) is 0 Å². The number of piperidine rings is 1. The van der Waals surface area contributed by atoms with E-state index in [1.807, 2.05) is 12.1 Å². The Balaban J connectivity index is 1.98. The average molecular weight is 404 g/mol. The van der Waals surface area contributed by atoms with Crippen molar-refractivity contribution >= 4 is 29.3 Å². The Morgan fingerprint density at radius 3 is 2.24 bits per heavy atom. The van der Waals surface area contributed by atoms with E-state index in [9.17, 15) is 19.2 Å². The molecule has 1 aliphatic heterocycles. The molecule has 1 atom stereocenters. The van der Waals surface area contributed by atoms with Crippen molar-refractivity contribution in [3.63, 3.8) is 0 Å². The van der Waals surface area contributed by atoms with Gasteiger partial charge in [0.25, 0.3) is 5.91 Å². The minimum Gasteiger partial charge on any atom is -0.466 e. The molecule has 0 bridgehead atoms. The number of amides is 1. The summed E-state index contributed by atoms with van der Waals surface area (Å²) >= 11 is 0. The molecule has 1 saturated heterocycles. The Morgan fingerprint density at radius 2 is 1.66 bits per heavy atom. The minimum atomic E-state index is -0.931. The average Bonchev–Trinajstić information content (AvgIpc) is 2.72. The molecular weight excluding hydrogens is 376 g/mol. The fourth-order valence-corrected chi connectivity index (χ4v) is 3.07. The van der Waals surface area contributed by atoms with E-state index in [2.05, 4.69) is 10.2 Å². The molecule has 1 heterocycles. The van der Waals surface area contributed by atoms with Crippen molar-refractivity contribution in [3.05, 3.63) is 29.8 Å². The van der Waals surface area contributed by atoms with Crippen molar-refractivity contribution < 1.29 is 28.7 Å². The number of esters is 2. The van der Waals surface area contributed by atoms with Crippen molar-refractivity contribution in [2.75, 3.05) is 31.2 Å². The van der Waals surface area contributed by atoms with Crippen LogP contribution in [0.4, 0.5) is 5.69 Å². The number of benzene rings is 1. The second-order valence-electron chi connectivity index (χ2n) is 6.69. The van der Waals surface area contributed by atoms with Crippen LogP contribution in [0, 0.1) is 0 Å². The van der Waals surface area contributed by atoms with Crippen LogP contribution in [0.15, 0.2) is 24.3 Å². The minimum absolute atomic E-state index is 0.00419. The fraction of sp³-hybridized carbons (Fsp3) is 0.524. The number of carbonyl (C=O) groups is 4. The Labute approximate surface area is 170 Å². The molecule has 0 aliphatic carbocycles. The maximum Gasteiger partial charge on any atom is 0.328 e. The molecule has 1 N–H and O–H groups in total. The van der Waals surface area contributed by atoms with Crippen molar-refractivity contribution in [3.8, 4) is 0 Å². The smallest absolute Gasteiger partial charge is 0.328 e. The van der Waals surface area contributed by atoms with Gasteiger partial charge in [0.15, 0.2) is 0 Å². The standard InChI is InChI=1S/C21H28N2O6/c1-3-28-19(25)10-9-18(21(27)29-4-2)22-20(26)15-5-7-16(8-6-15)23-13-11-17(24)12-14-23/h5-8,18H,3-4,9-14H2,1-2H3,(H,22,26)/t18-/m0/s1. The van der Waals surface area contributed by atoms with Crippen LogP contribution in [0.5, 0.6) is 0 Å². The number of Topliss-reactive ketones (excluding diaryl/α,β-unsaturated/α-hetero) is 1. The van der Waals surface area contributed by atoms with Gasteiger partial charge in [-0.1, -0.05) is 0 Å². The molecular formula is C21H28N2O6. The summed E-state index contributed by atoms with van der Waals surface area (Å²) in [5.74, 6) is -1.17. The van der Waals surface area contributed by atoms with Crippen LogP contribution in [0.3, 0.4) is 0 Å². The van der Waals surface area contributed by atoms with Crippen molar-refractivity contribution in [2.24, 2.45) is 0 Å². The summed E-state index contributed by atoms with van der Waals surface area (Å²) in [6.45, 7) is 5.15. The van der Waals surface area contributed by atoms with E-state index in [1.54, 1.807) is 26.0 Å². The third kappa shape index (κ3) is 6.89. The van der Waals surface area contributed by atoms with E-state index in [-0.39, 0.29) is 31.8 Å². The molecule has 1 amide bonds. The largest absolute Gasteiger partial charge is 0.466 e. The molecule has 2 rings (SSSR count). The summed E-state index contributed by atoms with van der Waals surface area (Å²) in [7, 11) is 0. The van der Waals surface area contributed by atoms with E-state index < -0.39 is 23.9 Å². The van der Waals surface area contributed by atoms with Crippen LogP contribution in [0.25, 0.3) is 0 Å². The van der Waals surface area contributed by atoms with Gasteiger partial charge in [-0.2, -0.15) is 0 Å². The molecule has 0 unspecified atom stereocenters. The zero-order chi connectivity index (χ0) is 21.2. The van der Waals surface area contributed by atoms with Gasteiger partial charge in [-0.05, 0) is 44.5 Å². The lowest BCUT2D eigenvalue weighted by atomic mass is 10.1. The SMILES string of the molecule is CCOC(=O)CC[C@H](NC(=O)c1ccc(N2CCC(=O)CC2)cc1)C(=O)OCC. The van der Waals surface area contributed by atoms with Crippen LogP contribution < -0.4 is 10.2 Å². The van der Waals surface area contributed by atoms with Crippen LogP contribution in [-0.2, 0) is 23.9 Å². The number of ketones is 1. The summed E-state index contributed by atoms with van der Waals surface area (Å²) in [5, 5.41) is 2.64. The summed E-state index contributed by atoms with van der Waals surface area (Å²) < 4.78 is 9.87. The van der Waals surface area contributed by atoms with Gasteiger partial charge < -0.3 is 19.7 Å². The first-order valence-corrected chi connectivity index (χ1v) is 9.94.